The molecule has 3 aliphatic heterocycles. The van der Waals surface area contributed by atoms with Crippen molar-refractivity contribution in [3.05, 3.63) is 35.4 Å². The third-order valence-corrected chi connectivity index (χ3v) is 7.53. The van der Waals surface area contributed by atoms with Gasteiger partial charge in [0.2, 0.25) is 5.91 Å². The van der Waals surface area contributed by atoms with Gasteiger partial charge in [-0.25, -0.2) is 4.79 Å². The first-order valence-corrected chi connectivity index (χ1v) is 12.1. The zero-order valence-corrected chi connectivity index (χ0v) is 19.6. The number of carbonyl (C=O) groups excluding carboxylic acids is 3. The summed E-state index contributed by atoms with van der Waals surface area (Å²) in [5.74, 6) is -0.138. The molecule has 7 heteroatoms. The van der Waals surface area contributed by atoms with Crippen molar-refractivity contribution in [1.29, 1.82) is 0 Å². The number of piperidine rings is 2. The highest BCUT2D eigenvalue weighted by Crippen LogP contribution is 2.33. The van der Waals surface area contributed by atoms with Crippen LogP contribution in [0.25, 0.3) is 0 Å². The van der Waals surface area contributed by atoms with Gasteiger partial charge in [0.05, 0.1) is 5.92 Å². The first-order valence-electron chi connectivity index (χ1n) is 12.1. The number of hydrogen-bond acceptors (Lipinski definition) is 4. The van der Waals surface area contributed by atoms with Gasteiger partial charge in [0.1, 0.15) is 5.54 Å². The number of urea groups is 1. The maximum atomic E-state index is 13.3. The van der Waals surface area contributed by atoms with Crippen LogP contribution in [0.2, 0.25) is 0 Å². The summed E-state index contributed by atoms with van der Waals surface area (Å²) in [4.78, 5) is 44.9. The third-order valence-electron chi connectivity index (χ3n) is 7.53. The van der Waals surface area contributed by atoms with Gasteiger partial charge in [0.15, 0.2) is 0 Å². The fourth-order valence-corrected chi connectivity index (χ4v) is 5.40. The lowest BCUT2D eigenvalue weighted by Crippen LogP contribution is -2.55. The Bertz CT molecular complexity index is 852. The summed E-state index contributed by atoms with van der Waals surface area (Å²) < 4.78 is 0. The molecule has 0 radical (unpaired) electrons. The molecule has 3 saturated heterocycles. The van der Waals surface area contributed by atoms with Gasteiger partial charge in [-0.05, 0) is 58.1 Å². The number of likely N-dealkylation sites (tertiary alicyclic amines) is 2. The van der Waals surface area contributed by atoms with Gasteiger partial charge in [-0.15, -0.1) is 0 Å². The van der Waals surface area contributed by atoms with Crippen LogP contribution in [0, 0.1) is 6.92 Å². The van der Waals surface area contributed by atoms with Crippen LogP contribution in [0.4, 0.5) is 4.79 Å². The highest BCUT2D eigenvalue weighted by atomic mass is 16.2. The minimum atomic E-state index is -0.728. The first-order chi connectivity index (χ1) is 15.3. The van der Waals surface area contributed by atoms with E-state index < -0.39 is 5.54 Å². The molecule has 0 aliphatic carbocycles. The van der Waals surface area contributed by atoms with Crippen molar-refractivity contribution in [2.75, 3.05) is 32.7 Å². The van der Waals surface area contributed by atoms with Gasteiger partial charge in [-0.3, -0.25) is 14.5 Å². The van der Waals surface area contributed by atoms with E-state index in [0.717, 1.165) is 31.6 Å². The van der Waals surface area contributed by atoms with Crippen molar-refractivity contribution in [1.82, 2.24) is 20.0 Å². The van der Waals surface area contributed by atoms with Gasteiger partial charge in [0.25, 0.3) is 5.91 Å². The van der Waals surface area contributed by atoms with E-state index in [1.165, 1.54) is 10.5 Å². The molecule has 7 nitrogen and oxygen atoms in total. The average Bonchev–Trinajstić information content (AvgIpc) is 3.04. The third kappa shape index (κ3) is 4.27. The van der Waals surface area contributed by atoms with Crippen LogP contribution < -0.4 is 5.32 Å². The second-order valence-corrected chi connectivity index (χ2v) is 9.72. The molecule has 0 unspecified atom stereocenters. The van der Waals surface area contributed by atoms with Gasteiger partial charge in [-0.1, -0.05) is 36.8 Å². The number of nitrogens with zero attached hydrogens (tertiary/aromatic N) is 3. The van der Waals surface area contributed by atoms with E-state index in [2.05, 4.69) is 17.1 Å². The molecule has 1 aromatic rings. The first kappa shape index (κ1) is 22.8. The molecule has 1 aromatic carbocycles. The van der Waals surface area contributed by atoms with Crippen LogP contribution in [0.3, 0.4) is 0 Å². The Labute approximate surface area is 191 Å². The lowest BCUT2D eigenvalue weighted by molar-refractivity contribution is -0.137. The number of rotatable bonds is 5. The molecule has 4 amide bonds. The SMILES string of the molecule is CCCN1CCC2(CC1)NC(=O)N(C1CCN(C(=O)[C@H](C)c3ccc(C)cc3)CC1)C2=O. The summed E-state index contributed by atoms with van der Waals surface area (Å²) in [6.07, 6.45) is 3.74. The van der Waals surface area contributed by atoms with Crippen LogP contribution in [0.1, 0.15) is 63.0 Å². The molecule has 0 saturated carbocycles. The summed E-state index contributed by atoms with van der Waals surface area (Å²) in [5.41, 5.74) is 1.47. The van der Waals surface area contributed by atoms with E-state index in [4.69, 9.17) is 0 Å². The molecular formula is C25H36N4O3. The normalized spacial score (nSPS) is 23.0. The van der Waals surface area contributed by atoms with E-state index >= 15 is 0 Å². The summed E-state index contributed by atoms with van der Waals surface area (Å²) in [7, 11) is 0. The number of carbonyl (C=O) groups is 3. The van der Waals surface area contributed by atoms with Gasteiger partial charge in [0, 0.05) is 32.2 Å². The maximum Gasteiger partial charge on any atom is 0.325 e. The van der Waals surface area contributed by atoms with E-state index in [1.807, 2.05) is 43.0 Å². The Kier molecular flexibility index (Phi) is 6.56. The molecular weight excluding hydrogens is 404 g/mol. The molecule has 32 heavy (non-hydrogen) atoms. The summed E-state index contributed by atoms with van der Waals surface area (Å²) in [6, 6.07) is 7.72. The van der Waals surface area contributed by atoms with E-state index in [-0.39, 0.29) is 29.8 Å². The van der Waals surface area contributed by atoms with Gasteiger partial charge in [-0.2, -0.15) is 0 Å². The number of hydrogen-bond donors (Lipinski definition) is 1. The maximum absolute atomic E-state index is 13.3. The minimum Gasteiger partial charge on any atom is -0.342 e. The molecule has 1 N–H and O–H groups in total. The summed E-state index contributed by atoms with van der Waals surface area (Å²) in [6.45, 7) is 10.0. The Morgan fingerprint density at radius 1 is 1.09 bits per heavy atom. The van der Waals surface area contributed by atoms with Crippen LogP contribution >= 0.6 is 0 Å². The zero-order valence-electron chi connectivity index (χ0n) is 19.6. The van der Waals surface area contributed by atoms with Crippen molar-refractivity contribution in [3.8, 4) is 0 Å². The van der Waals surface area contributed by atoms with Crippen molar-refractivity contribution in [2.24, 2.45) is 0 Å². The Balaban J connectivity index is 1.35. The standard InChI is InChI=1S/C25H36N4O3/c1-4-13-27-16-11-25(12-17-27)23(31)29(24(32)26-25)21-9-14-28(15-10-21)22(30)19(3)20-7-5-18(2)6-8-20/h5-8,19,21H,4,9-17H2,1-3H3,(H,26,32)/t19-/m1/s1. The fraction of sp³-hybridized carbons (Fsp3) is 0.640. The molecule has 0 aromatic heterocycles. The van der Waals surface area contributed by atoms with Gasteiger partial charge >= 0.3 is 6.03 Å². The molecule has 174 valence electrons. The number of aryl methyl sites for hydroxylation is 1. The molecule has 3 fully saturated rings. The second kappa shape index (κ2) is 9.22. The van der Waals surface area contributed by atoms with Gasteiger partial charge < -0.3 is 15.1 Å². The minimum absolute atomic E-state index is 0.0588. The average molecular weight is 441 g/mol. The second-order valence-electron chi connectivity index (χ2n) is 9.72. The molecule has 1 atom stereocenters. The molecule has 1 spiro atoms. The van der Waals surface area contributed by atoms with Crippen molar-refractivity contribution < 1.29 is 14.4 Å². The molecule has 4 rings (SSSR count). The Hall–Kier alpha value is -2.41. The highest BCUT2D eigenvalue weighted by molar-refractivity contribution is 6.07. The summed E-state index contributed by atoms with van der Waals surface area (Å²) in [5, 5.41) is 3.04. The fourth-order valence-electron chi connectivity index (χ4n) is 5.40. The predicted molar refractivity (Wildman–Crippen MR) is 123 cm³/mol. The van der Waals surface area contributed by atoms with Crippen LogP contribution in [0.5, 0.6) is 0 Å². The number of imide groups is 1. The van der Waals surface area contributed by atoms with Crippen LogP contribution in [-0.4, -0.2) is 76.8 Å². The van der Waals surface area contributed by atoms with E-state index in [0.29, 0.717) is 38.8 Å². The summed E-state index contributed by atoms with van der Waals surface area (Å²) >= 11 is 0. The van der Waals surface area contributed by atoms with E-state index in [1.54, 1.807) is 0 Å². The quantitative estimate of drug-likeness (QED) is 0.715. The Morgan fingerprint density at radius 2 is 1.72 bits per heavy atom. The topological polar surface area (TPSA) is 73.0 Å². The molecule has 3 heterocycles. The van der Waals surface area contributed by atoms with Crippen molar-refractivity contribution in [2.45, 2.75) is 70.4 Å². The van der Waals surface area contributed by atoms with Crippen LogP contribution in [-0.2, 0) is 9.59 Å². The monoisotopic (exact) mass is 440 g/mol. The van der Waals surface area contributed by atoms with Crippen molar-refractivity contribution >= 4 is 17.8 Å². The number of amides is 4. The molecule has 3 aliphatic rings. The van der Waals surface area contributed by atoms with Crippen LogP contribution in [0.15, 0.2) is 24.3 Å². The lowest BCUT2D eigenvalue weighted by atomic mass is 9.87. The largest absolute Gasteiger partial charge is 0.342 e. The Morgan fingerprint density at radius 3 is 2.31 bits per heavy atom. The number of benzene rings is 1. The lowest BCUT2D eigenvalue weighted by Gasteiger charge is -2.39. The predicted octanol–water partition coefficient (Wildman–Crippen LogP) is 2.89. The molecule has 0 bridgehead atoms. The zero-order chi connectivity index (χ0) is 22.9. The number of nitrogens with one attached hydrogen (secondary N) is 1. The smallest absolute Gasteiger partial charge is 0.325 e. The van der Waals surface area contributed by atoms with Crippen molar-refractivity contribution in [3.63, 3.8) is 0 Å². The highest BCUT2D eigenvalue weighted by Gasteiger charge is 2.54. The van der Waals surface area contributed by atoms with E-state index in [9.17, 15) is 14.4 Å².